The second-order valence-corrected chi connectivity index (χ2v) is 15.2. The van der Waals surface area contributed by atoms with E-state index in [1.165, 1.54) is 44.9 Å². The molecule has 1 N–H and O–H groups in total. The Balaban J connectivity index is 4.43. The van der Waals surface area contributed by atoms with Gasteiger partial charge in [0, 0.05) is 19.3 Å². The van der Waals surface area contributed by atoms with Crippen LogP contribution >= 0.6 is 0 Å². The lowest BCUT2D eigenvalue weighted by molar-refractivity contribution is -0.887. The number of quaternary nitrogens is 1. The average Bonchev–Trinajstić information content (AvgIpc) is 3.11. The Morgan fingerprint density at radius 1 is 0.566 bits per heavy atom. The van der Waals surface area contributed by atoms with Gasteiger partial charge in [-0.25, -0.2) is 4.79 Å². The number of allylic oxidation sites excluding steroid dienone is 8. The second-order valence-electron chi connectivity index (χ2n) is 15.2. The van der Waals surface area contributed by atoms with Gasteiger partial charge in [-0.3, -0.25) is 9.59 Å². The number of hydrogen-bond donors (Lipinski definition) is 1. The molecule has 0 saturated heterocycles. The fourth-order valence-electron chi connectivity index (χ4n) is 5.84. The van der Waals surface area contributed by atoms with Gasteiger partial charge in [0.2, 0.25) is 0 Å². The molecule has 0 amide bonds. The van der Waals surface area contributed by atoms with Crippen LogP contribution in [0.2, 0.25) is 0 Å². The molecule has 2 unspecified atom stereocenters. The largest absolute Gasteiger partial charge is 0.477 e. The van der Waals surface area contributed by atoms with Crippen LogP contribution in [0.1, 0.15) is 168 Å². The SMILES string of the molecule is CCCC/C=C\C/C=C\CCCCCCCC(=O)OCC(COCCC(C(=O)O)[N+](C)(C)C)OC(=O)CCCCCCC/C=C\C/C=C\CCCCC. The summed E-state index contributed by atoms with van der Waals surface area (Å²) in [6.07, 6.45) is 41.4. The summed E-state index contributed by atoms with van der Waals surface area (Å²) in [6, 6.07) is -0.619. The summed E-state index contributed by atoms with van der Waals surface area (Å²) in [4.78, 5) is 36.9. The number of hydrogen-bond acceptors (Lipinski definition) is 6. The molecule has 0 rings (SSSR count). The standard InChI is InChI=1S/C45H79NO7/c1-6-8-10-12-14-16-18-20-22-24-26-28-30-32-34-36-44(48)53-41(39-51-38-37-42(45(49)50)46(3,4)5)40-52-43(47)35-33-31-29-27-25-23-21-19-17-15-13-11-9-7-2/h13-16,19-22,41-42H,6-12,17-18,23-40H2,1-5H3/p+1/b15-13-,16-14-,21-19-,22-20-. The topological polar surface area (TPSA) is 99.1 Å². The van der Waals surface area contributed by atoms with Crippen molar-refractivity contribution in [3.05, 3.63) is 48.6 Å². The number of rotatable bonds is 37. The molecule has 0 aromatic rings. The van der Waals surface area contributed by atoms with Crippen molar-refractivity contribution in [1.82, 2.24) is 0 Å². The smallest absolute Gasteiger partial charge is 0.362 e. The highest BCUT2D eigenvalue weighted by Gasteiger charge is 2.31. The maximum absolute atomic E-state index is 12.7. The fraction of sp³-hybridized carbons (Fsp3) is 0.756. The number of carbonyl (C=O) groups is 3. The van der Waals surface area contributed by atoms with Crippen LogP contribution in [-0.4, -0.2) is 80.6 Å². The van der Waals surface area contributed by atoms with Crippen molar-refractivity contribution in [1.29, 1.82) is 0 Å². The molecule has 8 heteroatoms. The molecule has 306 valence electrons. The van der Waals surface area contributed by atoms with Gasteiger partial charge in [0.25, 0.3) is 0 Å². The quantitative estimate of drug-likeness (QED) is 0.0292. The van der Waals surface area contributed by atoms with E-state index in [1.54, 1.807) is 0 Å². The van der Waals surface area contributed by atoms with Crippen molar-refractivity contribution >= 4 is 17.9 Å². The molecule has 0 aliphatic rings. The number of unbranched alkanes of at least 4 members (excludes halogenated alkanes) is 15. The van der Waals surface area contributed by atoms with Crippen molar-refractivity contribution < 1.29 is 38.2 Å². The molecule has 8 nitrogen and oxygen atoms in total. The predicted molar refractivity (Wildman–Crippen MR) is 220 cm³/mol. The van der Waals surface area contributed by atoms with E-state index in [0.717, 1.165) is 89.9 Å². The van der Waals surface area contributed by atoms with Crippen LogP contribution in [0.4, 0.5) is 0 Å². The zero-order valence-electron chi connectivity index (χ0n) is 34.7. The molecular formula is C45H80NO7+. The first-order valence-corrected chi connectivity index (χ1v) is 21.2. The normalized spacial score (nSPS) is 13.5. The number of carbonyl (C=O) groups excluding carboxylic acids is 2. The predicted octanol–water partition coefficient (Wildman–Crippen LogP) is 11.2. The number of carboxylic acids is 1. The summed E-state index contributed by atoms with van der Waals surface area (Å²) in [7, 11) is 5.51. The van der Waals surface area contributed by atoms with Crippen LogP contribution in [0.15, 0.2) is 48.6 Å². The highest BCUT2D eigenvalue weighted by atomic mass is 16.6. The number of likely N-dealkylation sites (N-methyl/N-ethyl adjacent to an activating group) is 1. The maximum atomic E-state index is 12.7. The zero-order valence-corrected chi connectivity index (χ0v) is 34.7. The second kappa shape index (κ2) is 36.3. The van der Waals surface area contributed by atoms with E-state index < -0.39 is 18.1 Å². The van der Waals surface area contributed by atoms with E-state index in [1.807, 2.05) is 21.1 Å². The molecule has 0 fully saturated rings. The van der Waals surface area contributed by atoms with Gasteiger partial charge in [-0.15, -0.1) is 0 Å². The molecule has 0 saturated carbocycles. The average molecular weight is 747 g/mol. The van der Waals surface area contributed by atoms with Crippen molar-refractivity contribution in [3.8, 4) is 0 Å². The zero-order chi connectivity index (χ0) is 39.3. The Hall–Kier alpha value is -2.71. The first-order valence-electron chi connectivity index (χ1n) is 21.2. The number of nitrogens with zero attached hydrogens (tertiary/aromatic N) is 1. The van der Waals surface area contributed by atoms with Gasteiger partial charge in [0.1, 0.15) is 6.61 Å². The molecule has 0 aliphatic carbocycles. The Morgan fingerprint density at radius 2 is 1.02 bits per heavy atom. The van der Waals surface area contributed by atoms with E-state index in [9.17, 15) is 19.5 Å². The van der Waals surface area contributed by atoms with Crippen LogP contribution in [-0.2, 0) is 28.6 Å². The van der Waals surface area contributed by atoms with E-state index in [4.69, 9.17) is 14.2 Å². The lowest BCUT2D eigenvalue weighted by atomic mass is 10.1. The summed E-state index contributed by atoms with van der Waals surface area (Å²) in [5.74, 6) is -1.51. The summed E-state index contributed by atoms with van der Waals surface area (Å²) < 4.78 is 17.2. The third-order valence-electron chi connectivity index (χ3n) is 9.20. The van der Waals surface area contributed by atoms with E-state index >= 15 is 0 Å². The summed E-state index contributed by atoms with van der Waals surface area (Å²) >= 11 is 0. The maximum Gasteiger partial charge on any atom is 0.362 e. The van der Waals surface area contributed by atoms with Crippen molar-refractivity contribution in [2.24, 2.45) is 0 Å². The molecule has 0 aromatic carbocycles. The highest BCUT2D eigenvalue weighted by molar-refractivity contribution is 5.72. The third kappa shape index (κ3) is 34.8. The molecule has 0 spiro atoms. The minimum absolute atomic E-state index is 0.0499. The molecule has 0 aliphatic heterocycles. The molecule has 0 heterocycles. The summed E-state index contributed by atoms with van der Waals surface area (Å²) in [5.41, 5.74) is 0. The number of carboxylic acid groups (broad SMARTS) is 1. The van der Waals surface area contributed by atoms with Gasteiger partial charge in [0.15, 0.2) is 12.1 Å². The minimum Gasteiger partial charge on any atom is -0.477 e. The van der Waals surface area contributed by atoms with E-state index in [-0.39, 0.29) is 36.2 Å². The van der Waals surface area contributed by atoms with Gasteiger partial charge in [0.05, 0.1) is 34.4 Å². The van der Waals surface area contributed by atoms with Gasteiger partial charge in [-0.05, 0) is 70.6 Å². The number of aliphatic carboxylic acids is 1. The van der Waals surface area contributed by atoms with Crippen molar-refractivity contribution in [3.63, 3.8) is 0 Å². The molecule has 53 heavy (non-hydrogen) atoms. The molecular weight excluding hydrogens is 666 g/mol. The molecule has 0 aromatic heterocycles. The Kier molecular flexibility index (Phi) is 34.4. The van der Waals surface area contributed by atoms with Crippen molar-refractivity contribution in [2.45, 2.75) is 180 Å². The van der Waals surface area contributed by atoms with Gasteiger partial charge in [-0.2, -0.15) is 0 Å². The first-order chi connectivity index (χ1) is 25.6. The van der Waals surface area contributed by atoms with E-state index in [2.05, 4.69) is 62.5 Å². The Morgan fingerprint density at radius 3 is 1.51 bits per heavy atom. The van der Waals surface area contributed by atoms with Crippen LogP contribution in [0.3, 0.4) is 0 Å². The summed E-state index contributed by atoms with van der Waals surface area (Å²) in [5, 5.41) is 9.60. The Bertz CT molecular complexity index is 1010. The lowest BCUT2D eigenvalue weighted by Crippen LogP contribution is -2.50. The van der Waals surface area contributed by atoms with Gasteiger partial charge in [-0.1, -0.05) is 127 Å². The van der Waals surface area contributed by atoms with Crippen LogP contribution < -0.4 is 0 Å². The van der Waals surface area contributed by atoms with Gasteiger partial charge >= 0.3 is 17.9 Å². The lowest BCUT2D eigenvalue weighted by Gasteiger charge is -2.31. The minimum atomic E-state index is -0.881. The monoisotopic (exact) mass is 747 g/mol. The van der Waals surface area contributed by atoms with Gasteiger partial charge < -0.3 is 23.8 Å². The molecule has 0 radical (unpaired) electrons. The fourth-order valence-corrected chi connectivity index (χ4v) is 5.84. The molecule has 2 atom stereocenters. The van der Waals surface area contributed by atoms with Crippen molar-refractivity contribution in [2.75, 3.05) is 41.0 Å². The third-order valence-corrected chi connectivity index (χ3v) is 9.20. The summed E-state index contributed by atoms with van der Waals surface area (Å²) in [6.45, 7) is 4.63. The van der Waals surface area contributed by atoms with Crippen LogP contribution in [0.5, 0.6) is 0 Å². The Labute approximate surface area is 325 Å². The van der Waals surface area contributed by atoms with E-state index in [0.29, 0.717) is 19.3 Å². The van der Waals surface area contributed by atoms with Crippen LogP contribution in [0.25, 0.3) is 0 Å². The van der Waals surface area contributed by atoms with Crippen LogP contribution in [0, 0.1) is 0 Å². The highest BCUT2D eigenvalue weighted by Crippen LogP contribution is 2.13. The number of ether oxygens (including phenoxy) is 3. The number of esters is 2. The first kappa shape index (κ1) is 50.3. The molecule has 0 bridgehead atoms.